The molecule has 4 rings (SSSR count). The number of hydrogen-bond donors (Lipinski definition) is 0. The maximum absolute atomic E-state index is 13.0. The van der Waals surface area contributed by atoms with Crippen LogP contribution in [0.4, 0.5) is 0 Å². The van der Waals surface area contributed by atoms with Gasteiger partial charge in [-0.2, -0.15) is 17.0 Å². The highest BCUT2D eigenvalue weighted by Crippen LogP contribution is 2.36. The Hall–Kier alpha value is -1.64. The van der Waals surface area contributed by atoms with Gasteiger partial charge in [-0.25, -0.2) is 0 Å². The van der Waals surface area contributed by atoms with Gasteiger partial charge in [-0.3, -0.25) is 4.79 Å². The highest BCUT2D eigenvalue weighted by Gasteiger charge is 2.38. The molecule has 1 saturated carbocycles. The fraction of sp³-hybridized carbons (Fsp3) is 0.667. The van der Waals surface area contributed by atoms with Gasteiger partial charge < -0.3 is 9.64 Å². The summed E-state index contributed by atoms with van der Waals surface area (Å²) >= 11 is 0. The quantitative estimate of drug-likeness (QED) is 0.732. The summed E-state index contributed by atoms with van der Waals surface area (Å²) in [4.78, 5) is 15.1. The van der Waals surface area contributed by atoms with Crippen molar-refractivity contribution in [2.45, 2.75) is 50.7 Å². The number of rotatable bonds is 5. The number of benzene rings is 1. The fourth-order valence-electron chi connectivity index (χ4n) is 4.86. The largest absolute Gasteiger partial charge is 0.490 e. The van der Waals surface area contributed by atoms with Crippen LogP contribution in [0.2, 0.25) is 0 Å². The number of nitrogens with zero attached hydrogens (tertiary/aromatic N) is 3. The summed E-state index contributed by atoms with van der Waals surface area (Å²) in [5, 5.41) is 0. The molecule has 2 bridgehead atoms. The monoisotopic (exact) mass is 421 g/mol. The van der Waals surface area contributed by atoms with E-state index in [0.29, 0.717) is 49.2 Å². The van der Waals surface area contributed by atoms with Gasteiger partial charge in [0.2, 0.25) is 0 Å². The van der Waals surface area contributed by atoms with Gasteiger partial charge in [0.05, 0.1) is 0 Å². The van der Waals surface area contributed by atoms with E-state index in [0.717, 1.165) is 19.4 Å². The van der Waals surface area contributed by atoms with Crippen LogP contribution in [0.15, 0.2) is 24.3 Å². The van der Waals surface area contributed by atoms with E-state index in [9.17, 15) is 13.2 Å². The lowest BCUT2D eigenvalue weighted by Gasteiger charge is -2.33. The summed E-state index contributed by atoms with van der Waals surface area (Å²) in [6.07, 6.45) is 5.97. The molecule has 0 spiro atoms. The number of piperidine rings is 1. The summed E-state index contributed by atoms with van der Waals surface area (Å²) in [5.74, 6) is 1.46. The lowest BCUT2D eigenvalue weighted by molar-refractivity contribution is 0.0731. The van der Waals surface area contributed by atoms with Crippen molar-refractivity contribution in [3.8, 4) is 5.75 Å². The Morgan fingerprint density at radius 3 is 2.59 bits per heavy atom. The van der Waals surface area contributed by atoms with Gasteiger partial charge in [0.1, 0.15) is 11.9 Å². The molecule has 160 valence electrons. The molecule has 0 N–H and O–H groups in total. The van der Waals surface area contributed by atoms with E-state index >= 15 is 0 Å². The number of carbonyl (C=O) groups is 1. The van der Waals surface area contributed by atoms with Crippen LogP contribution in [-0.2, 0) is 10.2 Å². The second kappa shape index (κ2) is 8.24. The molecule has 0 radical (unpaired) electrons. The first-order chi connectivity index (χ1) is 13.8. The maximum atomic E-state index is 13.0. The Morgan fingerprint density at radius 2 is 1.90 bits per heavy atom. The van der Waals surface area contributed by atoms with Gasteiger partial charge in [0.25, 0.3) is 16.1 Å². The summed E-state index contributed by atoms with van der Waals surface area (Å²) in [5.41, 5.74) is 0.683. The normalized spacial score (nSPS) is 26.1. The van der Waals surface area contributed by atoms with Gasteiger partial charge in [0, 0.05) is 45.3 Å². The second-order valence-electron chi connectivity index (χ2n) is 8.68. The van der Waals surface area contributed by atoms with E-state index in [1.165, 1.54) is 21.5 Å². The first-order valence-electron chi connectivity index (χ1n) is 10.6. The van der Waals surface area contributed by atoms with Gasteiger partial charge in [0.15, 0.2) is 0 Å². The standard InChI is InChI=1S/C21H31N3O4S/c1-22(2)29(26,27)23-11-9-19(10-12-23)28-20-8-4-6-17(14-20)21(25)24-15-16-5-3-7-18(24)13-16/h4,6,8,14,16,18-19H,3,5,7,9-13,15H2,1-2H3/t16-,18+/m0/s1. The molecule has 3 fully saturated rings. The van der Waals surface area contributed by atoms with E-state index in [4.69, 9.17) is 4.74 Å². The van der Waals surface area contributed by atoms with E-state index in [1.807, 2.05) is 24.3 Å². The lowest BCUT2D eigenvalue weighted by Crippen LogP contribution is -2.46. The zero-order valence-corrected chi connectivity index (χ0v) is 18.1. The molecule has 1 amide bonds. The smallest absolute Gasteiger partial charge is 0.281 e. The first kappa shape index (κ1) is 20.6. The molecule has 1 aromatic carbocycles. The van der Waals surface area contributed by atoms with E-state index in [-0.39, 0.29) is 12.0 Å². The SMILES string of the molecule is CN(C)S(=O)(=O)N1CCC(Oc2cccc(C(=O)N3C[C@H]4CCC[C@@H]3C4)c2)CC1. The molecule has 2 saturated heterocycles. The highest BCUT2D eigenvalue weighted by atomic mass is 32.2. The van der Waals surface area contributed by atoms with Crippen LogP contribution >= 0.6 is 0 Å². The third-order valence-electron chi connectivity index (χ3n) is 6.48. The number of carbonyl (C=O) groups excluding carboxylic acids is 1. The Bertz CT molecular complexity index is 849. The van der Waals surface area contributed by atoms with Crippen LogP contribution in [0.25, 0.3) is 0 Å². The van der Waals surface area contributed by atoms with E-state index < -0.39 is 10.2 Å². The number of amides is 1. The molecule has 29 heavy (non-hydrogen) atoms. The average molecular weight is 422 g/mol. The molecule has 2 aliphatic heterocycles. The van der Waals surface area contributed by atoms with Crippen molar-refractivity contribution < 1.29 is 17.9 Å². The molecular weight excluding hydrogens is 390 g/mol. The van der Waals surface area contributed by atoms with E-state index in [1.54, 1.807) is 14.1 Å². The highest BCUT2D eigenvalue weighted by molar-refractivity contribution is 7.86. The molecular formula is C21H31N3O4S. The fourth-order valence-corrected chi connectivity index (χ4v) is 5.99. The molecule has 7 nitrogen and oxygen atoms in total. The van der Waals surface area contributed by atoms with Crippen molar-refractivity contribution in [2.24, 2.45) is 5.92 Å². The Labute approximate surface area is 173 Å². The molecule has 8 heteroatoms. The minimum Gasteiger partial charge on any atom is -0.490 e. The van der Waals surface area contributed by atoms with Crippen LogP contribution < -0.4 is 4.74 Å². The Morgan fingerprint density at radius 1 is 1.14 bits per heavy atom. The van der Waals surface area contributed by atoms with Crippen molar-refractivity contribution in [2.75, 3.05) is 33.7 Å². The molecule has 1 aromatic rings. The van der Waals surface area contributed by atoms with Crippen molar-refractivity contribution in [3.05, 3.63) is 29.8 Å². The topological polar surface area (TPSA) is 70.2 Å². The third kappa shape index (κ3) is 4.29. The predicted octanol–water partition coefficient (Wildman–Crippen LogP) is 2.35. The summed E-state index contributed by atoms with van der Waals surface area (Å²) in [6.45, 7) is 1.77. The second-order valence-corrected chi connectivity index (χ2v) is 10.8. The minimum absolute atomic E-state index is 0.0417. The Kier molecular flexibility index (Phi) is 5.86. The van der Waals surface area contributed by atoms with Crippen LogP contribution in [0, 0.1) is 5.92 Å². The van der Waals surface area contributed by atoms with Crippen LogP contribution in [0.1, 0.15) is 48.9 Å². The zero-order chi connectivity index (χ0) is 20.6. The van der Waals surface area contributed by atoms with Crippen molar-refractivity contribution in [3.63, 3.8) is 0 Å². The average Bonchev–Trinajstić information content (AvgIpc) is 3.01. The maximum Gasteiger partial charge on any atom is 0.281 e. The molecule has 2 heterocycles. The van der Waals surface area contributed by atoms with E-state index in [2.05, 4.69) is 4.90 Å². The summed E-state index contributed by atoms with van der Waals surface area (Å²) in [6, 6.07) is 7.85. The third-order valence-corrected chi connectivity index (χ3v) is 8.42. The van der Waals surface area contributed by atoms with Gasteiger partial charge >= 0.3 is 0 Å². The van der Waals surface area contributed by atoms with Crippen molar-refractivity contribution in [1.82, 2.24) is 13.5 Å². The summed E-state index contributed by atoms with van der Waals surface area (Å²) < 4.78 is 33.3. The molecule has 0 unspecified atom stereocenters. The number of ether oxygens (including phenoxy) is 1. The lowest BCUT2D eigenvalue weighted by atomic mass is 9.90. The first-order valence-corrected chi connectivity index (χ1v) is 12.0. The molecule has 0 aromatic heterocycles. The van der Waals surface area contributed by atoms with Gasteiger partial charge in [-0.1, -0.05) is 12.5 Å². The van der Waals surface area contributed by atoms with Crippen molar-refractivity contribution >= 4 is 16.1 Å². The molecule has 3 aliphatic rings. The Balaban J connectivity index is 1.37. The molecule has 2 atom stereocenters. The number of likely N-dealkylation sites (tertiary alicyclic amines) is 1. The number of hydrogen-bond acceptors (Lipinski definition) is 4. The van der Waals surface area contributed by atoms with Crippen LogP contribution in [-0.4, -0.2) is 73.7 Å². The van der Waals surface area contributed by atoms with Crippen molar-refractivity contribution in [1.29, 1.82) is 0 Å². The summed E-state index contributed by atoms with van der Waals surface area (Å²) in [7, 11) is -0.270. The predicted molar refractivity (Wildman–Crippen MR) is 111 cm³/mol. The number of fused-ring (bicyclic) bond motifs is 2. The van der Waals surface area contributed by atoms with Crippen LogP contribution in [0.5, 0.6) is 5.75 Å². The van der Waals surface area contributed by atoms with Gasteiger partial charge in [-0.05, 0) is 56.2 Å². The zero-order valence-electron chi connectivity index (χ0n) is 17.3. The molecule has 1 aliphatic carbocycles. The van der Waals surface area contributed by atoms with Gasteiger partial charge in [-0.15, -0.1) is 0 Å². The van der Waals surface area contributed by atoms with Crippen LogP contribution in [0.3, 0.4) is 0 Å². The minimum atomic E-state index is -3.37.